The van der Waals surface area contributed by atoms with Gasteiger partial charge in [-0.2, -0.15) is 10.2 Å². The molecule has 0 saturated carbocycles. The first-order valence-corrected chi connectivity index (χ1v) is 14.0. The van der Waals surface area contributed by atoms with Gasteiger partial charge >= 0.3 is 0 Å². The van der Waals surface area contributed by atoms with Crippen LogP contribution in [-0.2, 0) is 15.4 Å². The first-order valence-electron chi connectivity index (χ1n) is 11.2. The van der Waals surface area contributed by atoms with Gasteiger partial charge < -0.3 is 4.74 Å². The summed E-state index contributed by atoms with van der Waals surface area (Å²) in [4.78, 5) is 12.6. The molecule has 0 atom stereocenters. The largest absolute Gasteiger partial charge is 0.489 e. The Hall–Kier alpha value is -3.45. The minimum absolute atomic E-state index is 0.0277. The number of ether oxygens (including phenoxy) is 1. The number of anilines is 1. The average Bonchev–Trinajstić information content (AvgIpc) is 2.86. The number of nitriles is 1. The van der Waals surface area contributed by atoms with Gasteiger partial charge in [-0.05, 0) is 34.9 Å². The maximum absolute atomic E-state index is 11.4. The van der Waals surface area contributed by atoms with Gasteiger partial charge in [0.25, 0.3) is 0 Å². The molecule has 11 heteroatoms. The number of benzene rings is 2. The standard InChI is InChI=1S/C26H23Cl2N5O3S/c1-26(2,21-11-17(13-29)23(22(28)12-21)36-9-8-27)20-6-4-16(5-7-20)18-10-19-15-31-25(33-37(3,34)35)32-24(19)30-14-18/h4-7,10-12,14-15H,8-9H2,1-3H3,(H,30,31,32,33). The molecule has 0 bridgehead atoms. The van der Waals surface area contributed by atoms with Crippen LogP contribution in [-0.4, -0.2) is 42.1 Å². The number of aromatic nitrogens is 3. The minimum Gasteiger partial charge on any atom is -0.489 e. The fourth-order valence-corrected chi connectivity index (χ4v) is 4.65. The van der Waals surface area contributed by atoms with Gasteiger partial charge in [-0.15, -0.1) is 11.6 Å². The molecule has 8 nitrogen and oxygen atoms in total. The van der Waals surface area contributed by atoms with Crippen LogP contribution in [0, 0.1) is 11.3 Å². The highest BCUT2D eigenvalue weighted by Crippen LogP contribution is 2.38. The zero-order valence-electron chi connectivity index (χ0n) is 20.3. The van der Waals surface area contributed by atoms with Gasteiger partial charge in [-0.3, -0.25) is 4.72 Å². The summed E-state index contributed by atoms with van der Waals surface area (Å²) in [5.41, 5.74) is 4.00. The highest BCUT2D eigenvalue weighted by atomic mass is 35.5. The lowest BCUT2D eigenvalue weighted by molar-refractivity contribution is 0.341. The van der Waals surface area contributed by atoms with E-state index < -0.39 is 15.4 Å². The average molecular weight is 556 g/mol. The Bertz CT molecular complexity index is 1620. The molecule has 1 N–H and O–H groups in total. The molecule has 190 valence electrons. The molecule has 37 heavy (non-hydrogen) atoms. The lowest BCUT2D eigenvalue weighted by atomic mass is 9.77. The van der Waals surface area contributed by atoms with E-state index in [0.29, 0.717) is 33.2 Å². The SMILES string of the molecule is CC(C)(c1ccc(-c2cnc3nc(NS(C)(=O)=O)ncc3c2)cc1)c1cc(Cl)c(OCCCl)c(C#N)c1. The van der Waals surface area contributed by atoms with Gasteiger partial charge in [0, 0.05) is 28.8 Å². The lowest BCUT2D eigenvalue weighted by Gasteiger charge is -2.27. The van der Waals surface area contributed by atoms with E-state index in [-0.39, 0.29) is 12.6 Å². The summed E-state index contributed by atoms with van der Waals surface area (Å²) in [6, 6.07) is 15.7. The number of nitrogens with one attached hydrogen (secondary N) is 1. The Kier molecular flexibility index (Phi) is 7.55. The van der Waals surface area contributed by atoms with Crippen molar-refractivity contribution in [3.8, 4) is 22.9 Å². The topological polar surface area (TPSA) is 118 Å². The Balaban J connectivity index is 1.62. The van der Waals surface area contributed by atoms with Crippen molar-refractivity contribution in [2.24, 2.45) is 0 Å². The lowest BCUT2D eigenvalue weighted by Crippen LogP contribution is -2.19. The third-order valence-corrected chi connectivity index (χ3v) is 6.85. The summed E-state index contributed by atoms with van der Waals surface area (Å²) in [7, 11) is -3.48. The third kappa shape index (κ3) is 5.93. The predicted octanol–water partition coefficient (Wildman–Crippen LogP) is 5.53. The summed E-state index contributed by atoms with van der Waals surface area (Å²) in [6.45, 7) is 4.38. The van der Waals surface area contributed by atoms with E-state index in [1.807, 2.05) is 36.4 Å². The normalized spacial score (nSPS) is 11.8. The molecule has 0 unspecified atom stereocenters. The smallest absolute Gasteiger partial charge is 0.238 e. The molecule has 0 amide bonds. The number of fused-ring (bicyclic) bond motifs is 1. The van der Waals surface area contributed by atoms with Crippen LogP contribution in [0.25, 0.3) is 22.2 Å². The van der Waals surface area contributed by atoms with Crippen LogP contribution < -0.4 is 9.46 Å². The van der Waals surface area contributed by atoms with Crippen molar-refractivity contribution in [3.05, 3.63) is 76.6 Å². The maximum atomic E-state index is 11.4. The predicted molar refractivity (Wildman–Crippen MR) is 146 cm³/mol. The summed E-state index contributed by atoms with van der Waals surface area (Å²) >= 11 is 12.2. The van der Waals surface area contributed by atoms with Crippen molar-refractivity contribution >= 4 is 50.2 Å². The maximum Gasteiger partial charge on any atom is 0.238 e. The molecule has 0 radical (unpaired) electrons. The molecule has 0 aliphatic heterocycles. The summed E-state index contributed by atoms with van der Waals surface area (Å²) in [5.74, 6) is 0.606. The summed E-state index contributed by atoms with van der Waals surface area (Å²) < 4.78 is 30.7. The van der Waals surface area contributed by atoms with E-state index in [0.717, 1.165) is 28.5 Å². The van der Waals surface area contributed by atoms with Crippen molar-refractivity contribution in [3.63, 3.8) is 0 Å². The van der Waals surface area contributed by atoms with Gasteiger partial charge in [0.05, 0.1) is 22.7 Å². The van der Waals surface area contributed by atoms with E-state index in [9.17, 15) is 13.7 Å². The van der Waals surface area contributed by atoms with Crippen molar-refractivity contribution in [1.82, 2.24) is 15.0 Å². The Labute approximate surface area is 225 Å². The zero-order valence-corrected chi connectivity index (χ0v) is 22.6. The van der Waals surface area contributed by atoms with Gasteiger partial charge in [-0.25, -0.2) is 18.4 Å². The van der Waals surface area contributed by atoms with Crippen molar-refractivity contribution in [2.75, 3.05) is 23.5 Å². The number of nitrogens with zero attached hydrogens (tertiary/aromatic N) is 4. The number of rotatable bonds is 8. The first kappa shape index (κ1) is 26.6. The highest BCUT2D eigenvalue weighted by Gasteiger charge is 2.26. The van der Waals surface area contributed by atoms with E-state index in [1.54, 1.807) is 12.3 Å². The van der Waals surface area contributed by atoms with Crippen LogP contribution >= 0.6 is 23.2 Å². The summed E-state index contributed by atoms with van der Waals surface area (Å²) in [5, 5.41) is 10.7. The van der Waals surface area contributed by atoms with E-state index in [1.165, 1.54) is 6.20 Å². The number of alkyl halides is 1. The highest BCUT2D eigenvalue weighted by molar-refractivity contribution is 7.91. The van der Waals surface area contributed by atoms with Crippen LogP contribution in [0.2, 0.25) is 5.02 Å². The first-order chi connectivity index (χ1) is 17.5. The quantitative estimate of drug-likeness (QED) is 0.284. The molecular weight excluding hydrogens is 533 g/mol. The van der Waals surface area contributed by atoms with Crippen LogP contribution in [0.1, 0.15) is 30.5 Å². The fourth-order valence-electron chi connectivity index (χ4n) is 3.87. The van der Waals surface area contributed by atoms with Crippen molar-refractivity contribution in [1.29, 1.82) is 5.26 Å². The van der Waals surface area contributed by atoms with Crippen molar-refractivity contribution in [2.45, 2.75) is 19.3 Å². The van der Waals surface area contributed by atoms with E-state index in [2.05, 4.69) is 39.6 Å². The second-order valence-electron chi connectivity index (χ2n) is 8.89. The van der Waals surface area contributed by atoms with Gasteiger partial charge in [0.1, 0.15) is 12.7 Å². The van der Waals surface area contributed by atoms with Gasteiger partial charge in [-0.1, -0.05) is 49.7 Å². The molecule has 4 rings (SSSR count). The Morgan fingerprint density at radius 2 is 1.78 bits per heavy atom. The van der Waals surface area contributed by atoms with Crippen molar-refractivity contribution < 1.29 is 13.2 Å². The number of sulfonamides is 1. The third-order valence-electron chi connectivity index (χ3n) is 5.86. The monoisotopic (exact) mass is 555 g/mol. The molecule has 0 fully saturated rings. The second kappa shape index (κ2) is 10.5. The van der Waals surface area contributed by atoms with Crippen LogP contribution in [0.4, 0.5) is 5.95 Å². The molecule has 0 spiro atoms. The van der Waals surface area contributed by atoms with Gasteiger partial charge in [0.2, 0.25) is 16.0 Å². The Morgan fingerprint density at radius 1 is 1.05 bits per heavy atom. The van der Waals surface area contributed by atoms with E-state index in [4.69, 9.17) is 27.9 Å². The minimum atomic E-state index is -3.48. The zero-order chi connectivity index (χ0) is 26.8. The van der Waals surface area contributed by atoms with Gasteiger partial charge in [0.15, 0.2) is 11.4 Å². The van der Waals surface area contributed by atoms with E-state index >= 15 is 0 Å². The van der Waals surface area contributed by atoms with Crippen LogP contribution in [0.5, 0.6) is 5.75 Å². The Morgan fingerprint density at radius 3 is 2.43 bits per heavy atom. The molecule has 2 heterocycles. The molecule has 0 saturated heterocycles. The number of hydrogen-bond donors (Lipinski definition) is 1. The molecule has 0 aliphatic rings. The molecule has 2 aromatic heterocycles. The second-order valence-corrected chi connectivity index (χ2v) is 11.4. The molecule has 2 aromatic carbocycles. The van der Waals surface area contributed by atoms with Crippen LogP contribution in [0.15, 0.2) is 54.9 Å². The number of pyridine rings is 1. The summed E-state index contributed by atoms with van der Waals surface area (Å²) in [6.07, 6.45) is 4.24. The number of hydrogen-bond acceptors (Lipinski definition) is 7. The fraction of sp³-hybridized carbons (Fsp3) is 0.231. The molecule has 4 aromatic rings. The number of halogens is 2. The molecule has 0 aliphatic carbocycles. The molecular formula is C26H23Cl2N5O3S. The van der Waals surface area contributed by atoms with Crippen LogP contribution in [0.3, 0.4) is 0 Å².